The number of hydrogen-bond acceptors (Lipinski definition) is 2. The molecule has 0 unspecified atom stereocenters. The van der Waals surface area contributed by atoms with E-state index in [-0.39, 0.29) is 5.41 Å². The maximum absolute atomic E-state index is 12.4. The second kappa shape index (κ2) is 5.59. The van der Waals surface area contributed by atoms with Gasteiger partial charge in [0.2, 0.25) is 10.0 Å². The normalized spacial score (nSPS) is 13.0. The number of rotatable bonds is 4. The first-order valence-corrected chi connectivity index (χ1v) is 7.75. The van der Waals surface area contributed by atoms with Gasteiger partial charge in [-0.05, 0) is 23.1 Å². The molecule has 0 radical (unpaired) electrons. The maximum Gasteiger partial charge on any atom is 0.242 e. The van der Waals surface area contributed by atoms with E-state index >= 15 is 0 Å². The second-order valence-electron chi connectivity index (χ2n) is 5.60. The van der Waals surface area contributed by atoms with Crippen LogP contribution < -0.4 is 0 Å². The van der Waals surface area contributed by atoms with E-state index in [0.717, 1.165) is 5.56 Å². The fraction of sp³-hybridized carbons (Fsp3) is 0.538. The summed E-state index contributed by atoms with van der Waals surface area (Å²) in [6.45, 7) is 6.50. The standard InChI is InChI=1S/C13H20ClNO2S/c1-13(2,3)10-15(4)18(16,17)12-7-5-6-11(8-12)9-14/h5-8H,9-10H2,1-4H3. The smallest absolute Gasteiger partial charge is 0.207 e. The molecular formula is C13H20ClNO2S. The first-order valence-electron chi connectivity index (χ1n) is 5.78. The van der Waals surface area contributed by atoms with Crippen LogP contribution in [0, 0.1) is 5.41 Å². The molecule has 0 atom stereocenters. The highest BCUT2D eigenvalue weighted by molar-refractivity contribution is 7.89. The van der Waals surface area contributed by atoms with Gasteiger partial charge in [-0.15, -0.1) is 11.6 Å². The van der Waals surface area contributed by atoms with Crippen LogP contribution in [0.3, 0.4) is 0 Å². The van der Waals surface area contributed by atoms with Crippen LogP contribution in [0.2, 0.25) is 0 Å². The van der Waals surface area contributed by atoms with Crippen molar-refractivity contribution in [2.24, 2.45) is 5.41 Å². The molecule has 0 fully saturated rings. The number of nitrogens with zero attached hydrogens (tertiary/aromatic N) is 1. The molecule has 18 heavy (non-hydrogen) atoms. The second-order valence-corrected chi connectivity index (χ2v) is 7.91. The highest BCUT2D eigenvalue weighted by atomic mass is 35.5. The minimum atomic E-state index is -3.43. The molecule has 0 heterocycles. The SMILES string of the molecule is CN(CC(C)(C)C)S(=O)(=O)c1cccc(CCl)c1. The minimum absolute atomic E-state index is 0.0775. The summed E-state index contributed by atoms with van der Waals surface area (Å²) in [5.74, 6) is 0.312. The van der Waals surface area contributed by atoms with Crippen molar-refractivity contribution in [2.75, 3.05) is 13.6 Å². The lowest BCUT2D eigenvalue weighted by atomic mass is 9.97. The van der Waals surface area contributed by atoms with E-state index in [1.807, 2.05) is 26.8 Å². The third-order valence-electron chi connectivity index (χ3n) is 2.46. The molecular weight excluding hydrogens is 270 g/mol. The molecule has 0 saturated carbocycles. The molecule has 0 saturated heterocycles. The predicted molar refractivity (Wildman–Crippen MR) is 75.3 cm³/mol. The molecule has 0 aromatic heterocycles. The van der Waals surface area contributed by atoms with Gasteiger partial charge < -0.3 is 0 Å². The summed E-state index contributed by atoms with van der Waals surface area (Å²) in [6.07, 6.45) is 0. The van der Waals surface area contributed by atoms with Gasteiger partial charge in [0.1, 0.15) is 0 Å². The van der Waals surface area contributed by atoms with Gasteiger partial charge in [0.25, 0.3) is 0 Å². The van der Waals surface area contributed by atoms with Crippen LogP contribution in [0.5, 0.6) is 0 Å². The Labute approximate surface area is 115 Å². The average molecular weight is 290 g/mol. The zero-order valence-corrected chi connectivity index (χ0v) is 12.8. The number of benzene rings is 1. The highest BCUT2D eigenvalue weighted by Gasteiger charge is 2.25. The molecule has 0 N–H and O–H groups in total. The quantitative estimate of drug-likeness (QED) is 0.799. The van der Waals surface area contributed by atoms with E-state index in [9.17, 15) is 8.42 Å². The summed E-state index contributed by atoms with van der Waals surface area (Å²) in [6, 6.07) is 6.76. The van der Waals surface area contributed by atoms with Gasteiger partial charge in [-0.3, -0.25) is 0 Å². The summed E-state index contributed by atoms with van der Waals surface area (Å²) in [5.41, 5.74) is 0.730. The van der Waals surface area contributed by atoms with Crippen LogP contribution in [-0.4, -0.2) is 26.3 Å². The summed E-state index contributed by atoms with van der Waals surface area (Å²) in [7, 11) is -1.82. The van der Waals surface area contributed by atoms with Crippen molar-refractivity contribution < 1.29 is 8.42 Å². The van der Waals surface area contributed by atoms with E-state index in [1.165, 1.54) is 4.31 Å². The topological polar surface area (TPSA) is 37.4 Å². The van der Waals surface area contributed by atoms with E-state index in [2.05, 4.69) is 0 Å². The average Bonchev–Trinajstić information content (AvgIpc) is 2.27. The monoisotopic (exact) mass is 289 g/mol. The van der Waals surface area contributed by atoms with E-state index in [0.29, 0.717) is 17.3 Å². The zero-order valence-electron chi connectivity index (χ0n) is 11.3. The Balaban J connectivity index is 3.05. The fourth-order valence-corrected chi connectivity index (χ4v) is 3.36. The lowest BCUT2D eigenvalue weighted by Crippen LogP contribution is -2.34. The maximum atomic E-state index is 12.4. The highest BCUT2D eigenvalue weighted by Crippen LogP contribution is 2.21. The van der Waals surface area contributed by atoms with Gasteiger partial charge in [0.05, 0.1) is 4.90 Å². The van der Waals surface area contributed by atoms with Gasteiger partial charge >= 0.3 is 0 Å². The van der Waals surface area contributed by atoms with Crippen LogP contribution in [0.25, 0.3) is 0 Å². The Morgan fingerprint density at radius 2 is 1.89 bits per heavy atom. The van der Waals surface area contributed by atoms with Gasteiger partial charge in [0, 0.05) is 19.5 Å². The van der Waals surface area contributed by atoms with E-state index < -0.39 is 10.0 Å². The first kappa shape index (κ1) is 15.5. The predicted octanol–water partition coefficient (Wildman–Crippen LogP) is 3.09. The number of halogens is 1. The van der Waals surface area contributed by atoms with Gasteiger partial charge in [-0.1, -0.05) is 32.9 Å². The molecule has 3 nitrogen and oxygen atoms in total. The van der Waals surface area contributed by atoms with Crippen molar-refractivity contribution in [3.05, 3.63) is 29.8 Å². The molecule has 0 aliphatic rings. The number of hydrogen-bond donors (Lipinski definition) is 0. The third-order valence-corrected chi connectivity index (χ3v) is 4.57. The Hall–Kier alpha value is -0.580. The molecule has 0 aliphatic carbocycles. The van der Waals surface area contributed by atoms with E-state index in [4.69, 9.17) is 11.6 Å². The van der Waals surface area contributed by atoms with Gasteiger partial charge in [-0.2, -0.15) is 0 Å². The van der Waals surface area contributed by atoms with Crippen LogP contribution in [0.15, 0.2) is 29.2 Å². The lowest BCUT2D eigenvalue weighted by molar-refractivity contribution is 0.311. The van der Waals surface area contributed by atoms with Gasteiger partial charge in [0.15, 0.2) is 0 Å². The third kappa shape index (κ3) is 3.97. The Kier molecular flexibility index (Phi) is 4.81. The summed E-state index contributed by atoms with van der Waals surface area (Å²) >= 11 is 5.73. The van der Waals surface area contributed by atoms with Crippen molar-refractivity contribution >= 4 is 21.6 Å². The number of sulfonamides is 1. The van der Waals surface area contributed by atoms with Crippen molar-refractivity contribution in [3.63, 3.8) is 0 Å². The molecule has 1 aromatic carbocycles. The number of alkyl halides is 1. The molecule has 0 bridgehead atoms. The molecule has 5 heteroatoms. The molecule has 0 spiro atoms. The molecule has 0 aliphatic heterocycles. The molecule has 1 aromatic rings. The van der Waals surface area contributed by atoms with Crippen molar-refractivity contribution in [2.45, 2.75) is 31.5 Å². The Morgan fingerprint density at radius 1 is 1.28 bits per heavy atom. The molecule has 1 rings (SSSR count). The summed E-state index contributed by atoms with van der Waals surface area (Å²) < 4.78 is 26.1. The van der Waals surface area contributed by atoms with Crippen molar-refractivity contribution in [1.82, 2.24) is 4.31 Å². The van der Waals surface area contributed by atoms with Crippen molar-refractivity contribution in [3.8, 4) is 0 Å². The zero-order chi connectivity index (χ0) is 14.0. The Bertz CT molecular complexity index is 506. The van der Waals surface area contributed by atoms with E-state index in [1.54, 1.807) is 25.2 Å². The van der Waals surface area contributed by atoms with Crippen LogP contribution in [0.1, 0.15) is 26.3 Å². The summed E-state index contributed by atoms with van der Waals surface area (Å²) in [4.78, 5) is 0.299. The fourth-order valence-electron chi connectivity index (χ4n) is 1.72. The minimum Gasteiger partial charge on any atom is -0.207 e. The van der Waals surface area contributed by atoms with Crippen LogP contribution in [0.4, 0.5) is 0 Å². The van der Waals surface area contributed by atoms with Crippen LogP contribution in [-0.2, 0) is 15.9 Å². The molecule has 0 amide bonds. The van der Waals surface area contributed by atoms with Crippen molar-refractivity contribution in [1.29, 1.82) is 0 Å². The Morgan fingerprint density at radius 3 is 2.39 bits per heavy atom. The first-order chi connectivity index (χ1) is 8.16. The lowest BCUT2D eigenvalue weighted by Gasteiger charge is -2.26. The van der Waals surface area contributed by atoms with Crippen LogP contribution >= 0.6 is 11.6 Å². The largest absolute Gasteiger partial charge is 0.242 e. The summed E-state index contributed by atoms with van der Waals surface area (Å²) in [5, 5.41) is 0. The molecule has 102 valence electrons. The van der Waals surface area contributed by atoms with Gasteiger partial charge in [-0.25, -0.2) is 12.7 Å².